The van der Waals surface area contributed by atoms with Crippen LogP contribution >= 0.6 is 60.4 Å². The fourth-order valence-electron chi connectivity index (χ4n) is 4.56. The van der Waals surface area contributed by atoms with Crippen molar-refractivity contribution in [3.05, 3.63) is 75.4 Å². The molecular formula is C26H30Cl5N9O2. The van der Waals surface area contributed by atoms with E-state index in [9.17, 15) is 10.1 Å². The number of imidazole rings is 1. The molecule has 1 aliphatic heterocycles. The fraction of sp³-hybridized carbons (Fsp3) is 0.308. The summed E-state index contributed by atoms with van der Waals surface area (Å²) in [4.78, 5) is 33.7. The van der Waals surface area contributed by atoms with E-state index in [-0.39, 0.29) is 42.9 Å². The second-order valence-electron chi connectivity index (χ2n) is 9.18. The topological polar surface area (TPSA) is 138 Å². The second-order valence-corrected chi connectivity index (χ2v) is 10.0. The Morgan fingerprint density at radius 3 is 2.52 bits per heavy atom. The molecule has 5 rings (SSSR count). The van der Waals surface area contributed by atoms with E-state index in [0.29, 0.717) is 46.6 Å². The first-order valence-electron chi connectivity index (χ1n) is 12.6. The molecule has 16 heteroatoms. The molecule has 0 aliphatic carbocycles. The van der Waals surface area contributed by atoms with Gasteiger partial charge in [-0.15, -0.1) is 37.2 Å². The van der Waals surface area contributed by atoms with Gasteiger partial charge >= 0.3 is 0 Å². The number of H-pyrrole nitrogens is 1. The average Bonchev–Trinajstić information content (AvgIpc) is 3.66. The number of aromatic amines is 1. The van der Waals surface area contributed by atoms with Crippen molar-refractivity contribution in [2.24, 2.45) is 0 Å². The van der Waals surface area contributed by atoms with Crippen molar-refractivity contribution in [3.63, 3.8) is 0 Å². The number of nitrogens with zero attached hydrogens (tertiary/aromatic N) is 6. The summed E-state index contributed by atoms with van der Waals surface area (Å²) in [6.07, 6.45) is 9.61. The lowest BCUT2D eigenvalue weighted by Gasteiger charge is -2.25. The van der Waals surface area contributed by atoms with Gasteiger partial charge in [0.2, 0.25) is 5.95 Å². The first-order valence-corrected chi connectivity index (χ1v) is 13.4. The number of anilines is 2. The van der Waals surface area contributed by atoms with E-state index >= 15 is 0 Å². The quantitative estimate of drug-likeness (QED) is 0.120. The second kappa shape index (κ2) is 16.6. The third kappa shape index (κ3) is 8.79. The minimum atomic E-state index is -0.468. The van der Waals surface area contributed by atoms with Gasteiger partial charge in [0, 0.05) is 54.1 Å². The Kier molecular flexibility index (Phi) is 14.0. The third-order valence-electron chi connectivity index (χ3n) is 6.59. The molecule has 42 heavy (non-hydrogen) atoms. The van der Waals surface area contributed by atoms with E-state index in [2.05, 4.69) is 30.5 Å². The van der Waals surface area contributed by atoms with E-state index < -0.39 is 4.92 Å². The van der Waals surface area contributed by atoms with Crippen LogP contribution in [-0.2, 0) is 0 Å². The summed E-state index contributed by atoms with van der Waals surface area (Å²) in [5.74, 6) is 1.12. The highest BCUT2D eigenvalue weighted by atomic mass is 35.5. The van der Waals surface area contributed by atoms with Crippen molar-refractivity contribution in [2.45, 2.75) is 25.3 Å². The number of nitro groups is 1. The summed E-state index contributed by atoms with van der Waals surface area (Å²) in [6.45, 7) is 2.89. The van der Waals surface area contributed by atoms with Crippen molar-refractivity contribution in [3.8, 4) is 22.5 Å². The van der Waals surface area contributed by atoms with Crippen LogP contribution in [0.4, 0.5) is 17.5 Å². The van der Waals surface area contributed by atoms with E-state index in [1.807, 2.05) is 6.07 Å². The van der Waals surface area contributed by atoms with Crippen LogP contribution < -0.4 is 15.5 Å². The molecule has 3 N–H and O–H groups in total. The molecule has 1 saturated heterocycles. The zero-order valence-electron chi connectivity index (χ0n) is 22.2. The number of hydrogen-bond donors (Lipinski definition) is 3. The largest absolute Gasteiger partial charge is 0.368 e. The molecule has 1 unspecified atom stereocenters. The van der Waals surface area contributed by atoms with Crippen molar-refractivity contribution in [2.75, 3.05) is 36.4 Å². The number of halogens is 5. The third-order valence-corrected chi connectivity index (χ3v) is 7.14. The Morgan fingerprint density at radius 2 is 1.88 bits per heavy atom. The lowest BCUT2D eigenvalue weighted by molar-refractivity contribution is -0.385. The molecule has 0 bridgehead atoms. The van der Waals surface area contributed by atoms with Crippen LogP contribution in [-0.4, -0.2) is 62.1 Å². The fourth-order valence-corrected chi connectivity index (χ4v) is 5.05. The SMILES string of the molecule is Cl.Cl.Cl.O=[N+]([O-])c1ccc(NCCN(CCC2CCCN2)c2ncc(-c3cnc[nH]3)c(-c3ccc(Cl)cc3Cl)n2)nc1. The van der Waals surface area contributed by atoms with Gasteiger partial charge in [-0.05, 0) is 50.1 Å². The number of pyridine rings is 1. The zero-order chi connectivity index (χ0) is 27.2. The summed E-state index contributed by atoms with van der Waals surface area (Å²) in [5.41, 5.74) is 2.89. The molecule has 1 atom stereocenters. The Morgan fingerprint density at radius 1 is 1.05 bits per heavy atom. The molecule has 1 aliphatic rings. The van der Waals surface area contributed by atoms with Gasteiger partial charge in [-0.1, -0.05) is 23.2 Å². The molecule has 0 radical (unpaired) electrons. The van der Waals surface area contributed by atoms with Crippen molar-refractivity contribution < 1.29 is 4.92 Å². The van der Waals surface area contributed by atoms with Crippen molar-refractivity contribution in [1.29, 1.82) is 0 Å². The molecule has 1 fully saturated rings. The van der Waals surface area contributed by atoms with Crippen LogP contribution in [0.5, 0.6) is 0 Å². The monoisotopic (exact) mass is 675 g/mol. The minimum absolute atomic E-state index is 0. The summed E-state index contributed by atoms with van der Waals surface area (Å²) >= 11 is 12.8. The van der Waals surface area contributed by atoms with Gasteiger partial charge in [0.1, 0.15) is 12.0 Å². The Bertz CT molecular complexity index is 1420. The van der Waals surface area contributed by atoms with Gasteiger partial charge in [-0.25, -0.2) is 19.9 Å². The number of rotatable bonds is 11. The summed E-state index contributed by atoms with van der Waals surface area (Å²) in [6, 6.07) is 8.81. The van der Waals surface area contributed by atoms with Gasteiger partial charge in [0.05, 0.1) is 33.9 Å². The predicted octanol–water partition coefficient (Wildman–Crippen LogP) is 6.47. The predicted molar refractivity (Wildman–Crippen MR) is 174 cm³/mol. The molecule has 0 saturated carbocycles. The molecule has 3 aromatic heterocycles. The Balaban J connectivity index is 0.00000205. The molecular weight excluding hydrogens is 648 g/mol. The normalized spacial score (nSPS) is 13.8. The van der Waals surface area contributed by atoms with Crippen LogP contribution in [0.3, 0.4) is 0 Å². The molecule has 4 aromatic rings. The Hall–Kier alpha value is -2.93. The molecule has 11 nitrogen and oxygen atoms in total. The standard InChI is InChI=1S/C26H27Cl2N9O2.3ClH/c27-17-3-5-20(22(28)12-17)25-21(23-15-29-16-34-23)14-33-26(35-25)36(10-7-18-2-1-8-30-18)11-9-31-24-6-4-19(13-32-24)37(38)39;;;/h3-6,12-16,18,30H,1-2,7-11H2,(H,29,34)(H,31,32);3*1H. The van der Waals surface area contributed by atoms with Crippen molar-refractivity contribution in [1.82, 2.24) is 30.2 Å². The van der Waals surface area contributed by atoms with E-state index in [1.54, 1.807) is 36.9 Å². The lowest BCUT2D eigenvalue weighted by atomic mass is 10.1. The van der Waals surface area contributed by atoms with E-state index in [4.69, 9.17) is 33.2 Å². The summed E-state index contributed by atoms with van der Waals surface area (Å²) < 4.78 is 0. The highest BCUT2D eigenvalue weighted by molar-refractivity contribution is 6.36. The summed E-state index contributed by atoms with van der Waals surface area (Å²) in [7, 11) is 0. The van der Waals surface area contributed by atoms with Gasteiger partial charge in [-0.3, -0.25) is 10.1 Å². The van der Waals surface area contributed by atoms with Gasteiger partial charge in [0.15, 0.2) is 0 Å². The molecule has 1 aromatic carbocycles. The molecule has 4 heterocycles. The maximum absolute atomic E-state index is 10.9. The number of aromatic nitrogens is 5. The first kappa shape index (κ1) is 35.3. The number of hydrogen-bond acceptors (Lipinski definition) is 9. The number of nitrogens with one attached hydrogen (secondary N) is 3. The van der Waals surface area contributed by atoms with Gasteiger partial charge in [-0.2, -0.15) is 0 Å². The van der Waals surface area contributed by atoms with E-state index in [0.717, 1.165) is 42.8 Å². The lowest BCUT2D eigenvalue weighted by Crippen LogP contribution is -2.35. The van der Waals surface area contributed by atoms with Crippen LogP contribution in [0.25, 0.3) is 22.5 Å². The van der Waals surface area contributed by atoms with Crippen LogP contribution in [0.15, 0.2) is 55.2 Å². The maximum atomic E-state index is 10.9. The van der Waals surface area contributed by atoms with E-state index in [1.165, 1.54) is 18.7 Å². The Labute approximate surface area is 271 Å². The van der Waals surface area contributed by atoms with Crippen LogP contribution in [0.2, 0.25) is 10.0 Å². The zero-order valence-corrected chi connectivity index (χ0v) is 26.2. The molecule has 226 valence electrons. The number of benzene rings is 1. The van der Waals surface area contributed by atoms with Gasteiger partial charge < -0.3 is 20.5 Å². The minimum Gasteiger partial charge on any atom is -0.368 e. The van der Waals surface area contributed by atoms with Crippen molar-refractivity contribution >= 4 is 77.9 Å². The van der Waals surface area contributed by atoms with Crippen LogP contribution in [0, 0.1) is 10.1 Å². The maximum Gasteiger partial charge on any atom is 0.287 e. The molecule has 0 amide bonds. The van der Waals surface area contributed by atoms with Gasteiger partial charge in [0.25, 0.3) is 5.69 Å². The van der Waals surface area contributed by atoms with Crippen LogP contribution in [0.1, 0.15) is 19.3 Å². The average molecular weight is 678 g/mol. The molecule has 0 spiro atoms. The summed E-state index contributed by atoms with van der Waals surface area (Å²) in [5, 5.41) is 18.7. The highest BCUT2D eigenvalue weighted by Crippen LogP contribution is 2.36. The smallest absolute Gasteiger partial charge is 0.287 e. The first-order chi connectivity index (χ1) is 19.0. The highest BCUT2D eigenvalue weighted by Gasteiger charge is 2.21.